The highest BCUT2D eigenvalue weighted by atomic mass is 35.5. The Morgan fingerprint density at radius 3 is 2.19 bits per heavy atom. The Hall–Kier alpha value is -1.76. The largest absolute Gasteiger partial charge is 0.486 e. The molecule has 1 aromatic heterocycles. The fourth-order valence-electron chi connectivity index (χ4n) is 3.32. The molecule has 148 valence electrons. The van der Waals surface area contributed by atoms with Gasteiger partial charge in [0, 0.05) is 37.8 Å². The molecule has 0 atom stereocenters. The third-order valence-corrected chi connectivity index (χ3v) is 4.86. The lowest BCUT2D eigenvalue weighted by atomic mass is 10.1. The fourth-order valence-corrected chi connectivity index (χ4v) is 3.32. The number of ether oxygens (including phenoxy) is 2. The van der Waals surface area contributed by atoms with E-state index in [4.69, 9.17) is 9.47 Å². The first kappa shape index (κ1) is 21.5. The van der Waals surface area contributed by atoms with Gasteiger partial charge < -0.3 is 14.4 Å². The summed E-state index contributed by atoms with van der Waals surface area (Å²) in [5.74, 6) is 2.52. The molecule has 0 unspecified atom stereocenters. The van der Waals surface area contributed by atoms with E-state index in [9.17, 15) is 0 Å². The van der Waals surface area contributed by atoms with Gasteiger partial charge in [0.05, 0.1) is 5.69 Å². The number of halogens is 2. The zero-order valence-corrected chi connectivity index (χ0v) is 17.3. The summed E-state index contributed by atoms with van der Waals surface area (Å²) in [7, 11) is 0. The van der Waals surface area contributed by atoms with Crippen molar-refractivity contribution in [1.82, 2.24) is 15.1 Å². The van der Waals surface area contributed by atoms with Gasteiger partial charge in [-0.15, -0.1) is 35.0 Å². The highest BCUT2D eigenvalue weighted by molar-refractivity contribution is 5.85. The lowest BCUT2D eigenvalue weighted by Gasteiger charge is -2.37. The Labute approximate surface area is 172 Å². The number of anilines is 1. The molecule has 1 aromatic carbocycles. The summed E-state index contributed by atoms with van der Waals surface area (Å²) in [5, 5.41) is 8.87. The first-order chi connectivity index (χ1) is 12.2. The average Bonchev–Trinajstić information content (AvgIpc) is 2.68. The molecule has 6 nitrogen and oxygen atoms in total. The molecule has 0 spiro atoms. The molecular formula is C19H26Cl2N4O2. The van der Waals surface area contributed by atoms with Gasteiger partial charge in [-0.3, -0.25) is 4.90 Å². The lowest BCUT2D eigenvalue weighted by Crippen LogP contribution is -2.49. The van der Waals surface area contributed by atoms with Crippen molar-refractivity contribution in [3.8, 4) is 22.8 Å². The Balaban J connectivity index is 0.00000131. The highest BCUT2D eigenvalue weighted by Crippen LogP contribution is 2.34. The number of hydrogen-bond acceptors (Lipinski definition) is 6. The summed E-state index contributed by atoms with van der Waals surface area (Å²) in [4.78, 5) is 4.80. The van der Waals surface area contributed by atoms with Crippen LogP contribution >= 0.6 is 24.8 Å². The zero-order valence-electron chi connectivity index (χ0n) is 15.6. The van der Waals surface area contributed by atoms with Crippen molar-refractivity contribution in [2.45, 2.75) is 19.9 Å². The quantitative estimate of drug-likeness (QED) is 0.770. The second-order valence-corrected chi connectivity index (χ2v) is 6.75. The summed E-state index contributed by atoms with van der Waals surface area (Å²) in [6.07, 6.45) is 0. The van der Waals surface area contributed by atoms with Gasteiger partial charge in [-0.05, 0) is 44.2 Å². The molecule has 8 heteroatoms. The molecule has 3 heterocycles. The van der Waals surface area contributed by atoms with Crippen molar-refractivity contribution in [2.24, 2.45) is 0 Å². The number of benzene rings is 1. The molecule has 2 aliphatic rings. The molecule has 0 bridgehead atoms. The van der Waals surface area contributed by atoms with Crippen LogP contribution in [0.15, 0.2) is 30.3 Å². The maximum atomic E-state index is 5.65. The van der Waals surface area contributed by atoms with E-state index in [0.717, 1.165) is 54.8 Å². The van der Waals surface area contributed by atoms with E-state index in [2.05, 4.69) is 39.9 Å². The van der Waals surface area contributed by atoms with Gasteiger partial charge in [-0.2, -0.15) is 0 Å². The topological polar surface area (TPSA) is 50.7 Å². The predicted molar refractivity (Wildman–Crippen MR) is 112 cm³/mol. The third kappa shape index (κ3) is 4.75. The van der Waals surface area contributed by atoms with Crippen molar-refractivity contribution in [3.63, 3.8) is 0 Å². The Morgan fingerprint density at radius 2 is 1.56 bits per heavy atom. The Morgan fingerprint density at radius 1 is 0.852 bits per heavy atom. The highest BCUT2D eigenvalue weighted by Gasteiger charge is 2.20. The van der Waals surface area contributed by atoms with Gasteiger partial charge in [-0.1, -0.05) is 0 Å². The molecule has 1 saturated heterocycles. The van der Waals surface area contributed by atoms with Crippen LogP contribution in [0.5, 0.6) is 11.5 Å². The summed E-state index contributed by atoms with van der Waals surface area (Å²) >= 11 is 0. The summed E-state index contributed by atoms with van der Waals surface area (Å²) < 4.78 is 11.2. The van der Waals surface area contributed by atoms with E-state index >= 15 is 0 Å². The average molecular weight is 413 g/mol. The first-order valence-electron chi connectivity index (χ1n) is 8.93. The predicted octanol–water partition coefficient (Wildman–Crippen LogP) is 3.29. The van der Waals surface area contributed by atoms with Crippen LogP contribution in [0.3, 0.4) is 0 Å². The van der Waals surface area contributed by atoms with E-state index < -0.39 is 0 Å². The number of piperazine rings is 1. The van der Waals surface area contributed by atoms with Crippen LogP contribution < -0.4 is 14.4 Å². The molecule has 1 fully saturated rings. The van der Waals surface area contributed by atoms with Crippen molar-refractivity contribution >= 4 is 30.6 Å². The molecule has 0 aliphatic carbocycles. The molecule has 0 N–H and O–H groups in total. The van der Waals surface area contributed by atoms with Crippen LogP contribution in [0.25, 0.3) is 11.3 Å². The second-order valence-electron chi connectivity index (χ2n) is 6.75. The molecule has 4 rings (SSSR count). The Bertz CT molecular complexity index is 735. The van der Waals surface area contributed by atoms with Gasteiger partial charge in [0.2, 0.25) is 0 Å². The number of nitrogens with zero attached hydrogens (tertiary/aromatic N) is 4. The number of rotatable bonds is 3. The monoisotopic (exact) mass is 412 g/mol. The standard InChI is InChI=1S/C19H24N4O2.2ClH/c1-14(2)22-7-9-23(10-8-22)19-6-4-16(20-21-19)15-3-5-17-18(13-15)25-12-11-24-17;;/h3-6,13-14H,7-12H2,1-2H3;2*1H. The van der Waals surface area contributed by atoms with Gasteiger partial charge in [-0.25, -0.2) is 0 Å². The van der Waals surface area contributed by atoms with E-state index in [1.165, 1.54) is 0 Å². The van der Waals surface area contributed by atoms with Crippen LogP contribution in [-0.4, -0.2) is 60.5 Å². The van der Waals surface area contributed by atoms with Crippen LogP contribution in [0.1, 0.15) is 13.8 Å². The van der Waals surface area contributed by atoms with Crippen LogP contribution in [-0.2, 0) is 0 Å². The first-order valence-corrected chi connectivity index (χ1v) is 8.93. The molecule has 27 heavy (non-hydrogen) atoms. The van der Waals surface area contributed by atoms with Gasteiger partial charge in [0.15, 0.2) is 17.3 Å². The molecule has 2 aliphatic heterocycles. The molecule has 2 aromatic rings. The van der Waals surface area contributed by atoms with Gasteiger partial charge >= 0.3 is 0 Å². The van der Waals surface area contributed by atoms with Crippen molar-refractivity contribution in [2.75, 3.05) is 44.3 Å². The second kappa shape index (κ2) is 9.44. The minimum absolute atomic E-state index is 0. The summed E-state index contributed by atoms with van der Waals surface area (Å²) in [5.41, 5.74) is 1.84. The smallest absolute Gasteiger partial charge is 0.162 e. The SMILES string of the molecule is CC(C)N1CCN(c2ccc(-c3ccc4c(c3)OCCO4)nn2)CC1.Cl.Cl. The number of aromatic nitrogens is 2. The molecule has 0 amide bonds. The van der Waals surface area contributed by atoms with Crippen LogP contribution in [0, 0.1) is 0 Å². The summed E-state index contributed by atoms with van der Waals surface area (Å²) in [6.45, 7) is 9.82. The van der Waals surface area contributed by atoms with Gasteiger partial charge in [0.1, 0.15) is 13.2 Å². The maximum absolute atomic E-state index is 5.65. The van der Waals surface area contributed by atoms with Crippen molar-refractivity contribution < 1.29 is 9.47 Å². The lowest BCUT2D eigenvalue weighted by molar-refractivity contribution is 0.171. The van der Waals surface area contributed by atoms with E-state index in [1.54, 1.807) is 0 Å². The summed E-state index contributed by atoms with van der Waals surface area (Å²) in [6, 6.07) is 10.6. The number of fused-ring (bicyclic) bond motifs is 1. The van der Waals surface area contributed by atoms with E-state index in [1.807, 2.05) is 24.3 Å². The minimum atomic E-state index is 0. The molecule has 0 radical (unpaired) electrons. The maximum Gasteiger partial charge on any atom is 0.162 e. The zero-order chi connectivity index (χ0) is 17.2. The fraction of sp³-hybridized carbons (Fsp3) is 0.474. The number of hydrogen-bond donors (Lipinski definition) is 0. The molecular weight excluding hydrogens is 387 g/mol. The minimum Gasteiger partial charge on any atom is -0.486 e. The van der Waals surface area contributed by atoms with Crippen molar-refractivity contribution in [1.29, 1.82) is 0 Å². The molecule has 0 saturated carbocycles. The van der Waals surface area contributed by atoms with Crippen LogP contribution in [0.4, 0.5) is 5.82 Å². The van der Waals surface area contributed by atoms with Gasteiger partial charge in [0.25, 0.3) is 0 Å². The normalized spacial score (nSPS) is 16.5. The Kier molecular flexibility index (Phi) is 7.53. The van der Waals surface area contributed by atoms with E-state index in [-0.39, 0.29) is 24.8 Å². The van der Waals surface area contributed by atoms with Crippen LogP contribution in [0.2, 0.25) is 0 Å². The van der Waals surface area contributed by atoms with E-state index in [0.29, 0.717) is 19.3 Å². The third-order valence-electron chi connectivity index (χ3n) is 4.86. The van der Waals surface area contributed by atoms with Crippen molar-refractivity contribution in [3.05, 3.63) is 30.3 Å².